The second kappa shape index (κ2) is 10.7. The largest absolute Gasteiger partial charge is 0.371 e. The van der Waals surface area contributed by atoms with Gasteiger partial charge >= 0.3 is 0 Å². The topological polar surface area (TPSA) is 39.7 Å². The maximum Gasteiger partial charge on any atom is 0.191 e. The van der Waals surface area contributed by atoms with Crippen molar-refractivity contribution < 1.29 is 0 Å². The first kappa shape index (κ1) is 20.1. The Morgan fingerprint density at radius 3 is 2.70 bits per heavy atom. The molecule has 1 aromatic carbocycles. The van der Waals surface area contributed by atoms with E-state index in [0.29, 0.717) is 12.0 Å². The molecule has 5 heteroatoms. The van der Waals surface area contributed by atoms with E-state index in [0.717, 1.165) is 38.6 Å². The van der Waals surface area contributed by atoms with Gasteiger partial charge in [0.1, 0.15) is 0 Å². The highest BCUT2D eigenvalue weighted by molar-refractivity contribution is 14.0. The number of halogens is 1. The Bertz CT molecular complexity index is 463. The van der Waals surface area contributed by atoms with E-state index in [4.69, 9.17) is 4.99 Å². The molecule has 1 aromatic rings. The lowest BCUT2D eigenvalue weighted by Crippen LogP contribution is -2.42. The molecule has 0 saturated carbocycles. The summed E-state index contributed by atoms with van der Waals surface area (Å²) in [6, 6.07) is 11.1. The van der Waals surface area contributed by atoms with Crippen LogP contribution in [-0.2, 0) is 0 Å². The van der Waals surface area contributed by atoms with Crippen molar-refractivity contribution in [2.45, 2.75) is 39.7 Å². The number of guanidine groups is 1. The molecule has 0 aliphatic carbocycles. The lowest BCUT2D eigenvalue weighted by molar-refractivity contribution is 0.587. The molecule has 0 amide bonds. The van der Waals surface area contributed by atoms with E-state index in [1.165, 1.54) is 12.1 Å². The van der Waals surface area contributed by atoms with E-state index in [2.05, 4.69) is 66.6 Å². The van der Waals surface area contributed by atoms with Crippen LogP contribution in [0.3, 0.4) is 0 Å². The Labute approximate surface area is 158 Å². The molecular formula is C18H31IN4. The summed E-state index contributed by atoms with van der Waals surface area (Å²) < 4.78 is 0. The zero-order valence-electron chi connectivity index (χ0n) is 14.6. The fraction of sp³-hybridized carbons (Fsp3) is 0.611. The first-order chi connectivity index (χ1) is 10.7. The summed E-state index contributed by atoms with van der Waals surface area (Å²) in [5.74, 6) is 1.60. The maximum atomic E-state index is 4.78. The van der Waals surface area contributed by atoms with Crippen molar-refractivity contribution in [3.8, 4) is 0 Å². The van der Waals surface area contributed by atoms with Crippen molar-refractivity contribution in [1.82, 2.24) is 10.6 Å². The lowest BCUT2D eigenvalue weighted by atomic mass is 10.1. The minimum Gasteiger partial charge on any atom is -0.371 e. The number of hydrogen-bond donors (Lipinski definition) is 2. The van der Waals surface area contributed by atoms with Gasteiger partial charge in [0.05, 0.1) is 0 Å². The molecule has 1 fully saturated rings. The summed E-state index contributed by atoms with van der Waals surface area (Å²) in [4.78, 5) is 7.25. The molecule has 1 aliphatic heterocycles. The zero-order chi connectivity index (χ0) is 15.8. The molecule has 0 aromatic heterocycles. The van der Waals surface area contributed by atoms with Crippen LogP contribution in [-0.4, -0.2) is 38.2 Å². The number of benzene rings is 1. The Balaban J connectivity index is 0.00000264. The summed E-state index contributed by atoms with van der Waals surface area (Å²) in [5, 5.41) is 6.80. The highest BCUT2D eigenvalue weighted by atomic mass is 127. The van der Waals surface area contributed by atoms with E-state index < -0.39 is 0 Å². The predicted molar refractivity (Wildman–Crippen MR) is 111 cm³/mol. The smallest absolute Gasteiger partial charge is 0.191 e. The first-order valence-electron chi connectivity index (χ1n) is 8.57. The van der Waals surface area contributed by atoms with Crippen LogP contribution in [0.25, 0.3) is 0 Å². The van der Waals surface area contributed by atoms with E-state index in [1.54, 1.807) is 0 Å². The van der Waals surface area contributed by atoms with Gasteiger partial charge in [-0.1, -0.05) is 25.1 Å². The van der Waals surface area contributed by atoms with Crippen LogP contribution in [0.4, 0.5) is 5.69 Å². The van der Waals surface area contributed by atoms with Gasteiger partial charge in [0.15, 0.2) is 5.96 Å². The number of nitrogens with zero attached hydrogens (tertiary/aromatic N) is 2. The van der Waals surface area contributed by atoms with E-state index in [1.807, 2.05) is 0 Å². The summed E-state index contributed by atoms with van der Waals surface area (Å²) >= 11 is 0. The molecule has 2 atom stereocenters. The van der Waals surface area contributed by atoms with Crippen LogP contribution < -0.4 is 15.5 Å². The van der Waals surface area contributed by atoms with Crippen molar-refractivity contribution in [2.24, 2.45) is 10.9 Å². The van der Waals surface area contributed by atoms with Gasteiger partial charge in [0, 0.05) is 37.9 Å². The van der Waals surface area contributed by atoms with Gasteiger partial charge < -0.3 is 15.5 Å². The average molecular weight is 430 g/mol. The predicted octanol–water partition coefficient (Wildman–Crippen LogP) is 3.48. The average Bonchev–Trinajstić information content (AvgIpc) is 3.02. The standard InChI is InChI=1S/C18H30N4.HI/c1-4-15(3)21-18(19-5-2)20-13-16-11-12-22(14-16)17-9-7-6-8-10-17;/h6-10,15-16H,4-5,11-14H2,1-3H3,(H2,19,20,21);1H. The molecule has 1 saturated heterocycles. The summed E-state index contributed by atoms with van der Waals surface area (Å²) in [6.45, 7) is 10.5. The number of nitrogens with one attached hydrogen (secondary N) is 2. The van der Waals surface area contributed by atoms with Crippen molar-refractivity contribution in [3.05, 3.63) is 30.3 Å². The van der Waals surface area contributed by atoms with E-state index in [-0.39, 0.29) is 24.0 Å². The molecule has 130 valence electrons. The van der Waals surface area contributed by atoms with Crippen LogP contribution in [0.2, 0.25) is 0 Å². The third-order valence-corrected chi connectivity index (χ3v) is 4.25. The van der Waals surface area contributed by atoms with Crippen LogP contribution in [0.1, 0.15) is 33.6 Å². The Morgan fingerprint density at radius 2 is 2.04 bits per heavy atom. The molecule has 4 nitrogen and oxygen atoms in total. The molecule has 2 rings (SSSR count). The first-order valence-corrected chi connectivity index (χ1v) is 8.57. The highest BCUT2D eigenvalue weighted by Gasteiger charge is 2.22. The number of para-hydroxylation sites is 1. The molecule has 0 bridgehead atoms. The van der Waals surface area contributed by atoms with Crippen molar-refractivity contribution in [1.29, 1.82) is 0 Å². The van der Waals surface area contributed by atoms with Gasteiger partial charge in [-0.25, -0.2) is 0 Å². The molecule has 1 aliphatic rings. The van der Waals surface area contributed by atoms with Crippen molar-refractivity contribution in [3.63, 3.8) is 0 Å². The van der Waals surface area contributed by atoms with Gasteiger partial charge in [-0.15, -0.1) is 24.0 Å². The SMILES string of the molecule is CCNC(=NCC1CCN(c2ccccc2)C1)NC(C)CC.I. The minimum atomic E-state index is 0. The van der Waals surface area contributed by atoms with Crippen molar-refractivity contribution in [2.75, 3.05) is 31.1 Å². The van der Waals surface area contributed by atoms with Crippen LogP contribution in [0, 0.1) is 5.92 Å². The van der Waals surface area contributed by atoms with E-state index in [9.17, 15) is 0 Å². The summed E-state index contributed by atoms with van der Waals surface area (Å²) in [5.41, 5.74) is 1.33. The van der Waals surface area contributed by atoms with Gasteiger partial charge in [-0.3, -0.25) is 4.99 Å². The number of rotatable bonds is 6. The lowest BCUT2D eigenvalue weighted by Gasteiger charge is -2.19. The fourth-order valence-electron chi connectivity index (χ4n) is 2.73. The molecule has 2 unspecified atom stereocenters. The van der Waals surface area contributed by atoms with Crippen LogP contribution in [0.5, 0.6) is 0 Å². The molecule has 1 heterocycles. The molecule has 0 spiro atoms. The monoisotopic (exact) mass is 430 g/mol. The van der Waals surface area contributed by atoms with Gasteiger partial charge in [-0.05, 0) is 44.7 Å². The minimum absolute atomic E-state index is 0. The van der Waals surface area contributed by atoms with E-state index >= 15 is 0 Å². The van der Waals surface area contributed by atoms with Gasteiger partial charge in [0.25, 0.3) is 0 Å². The Kier molecular flexibility index (Phi) is 9.36. The van der Waals surface area contributed by atoms with Gasteiger partial charge in [0.2, 0.25) is 0 Å². The number of hydrogen-bond acceptors (Lipinski definition) is 2. The summed E-state index contributed by atoms with van der Waals surface area (Å²) in [6.07, 6.45) is 2.33. The normalized spacial score (nSPS) is 19.2. The zero-order valence-corrected chi connectivity index (χ0v) is 16.9. The third-order valence-electron chi connectivity index (χ3n) is 4.25. The summed E-state index contributed by atoms with van der Waals surface area (Å²) in [7, 11) is 0. The fourth-order valence-corrected chi connectivity index (χ4v) is 2.73. The van der Waals surface area contributed by atoms with Crippen molar-refractivity contribution >= 4 is 35.6 Å². The number of anilines is 1. The maximum absolute atomic E-state index is 4.78. The molecule has 0 radical (unpaired) electrons. The van der Waals surface area contributed by atoms with Crippen LogP contribution >= 0.6 is 24.0 Å². The Morgan fingerprint density at radius 1 is 1.30 bits per heavy atom. The van der Waals surface area contributed by atoms with Crippen LogP contribution in [0.15, 0.2) is 35.3 Å². The number of aliphatic imine (C=N–C) groups is 1. The molecular weight excluding hydrogens is 399 g/mol. The second-order valence-corrected chi connectivity index (χ2v) is 6.11. The molecule has 2 N–H and O–H groups in total. The van der Waals surface area contributed by atoms with Gasteiger partial charge in [-0.2, -0.15) is 0 Å². The molecule has 23 heavy (non-hydrogen) atoms. The second-order valence-electron chi connectivity index (χ2n) is 6.11. The quantitative estimate of drug-likeness (QED) is 0.413. The highest BCUT2D eigenvalue weighted by Crippen LogP contribution is 2.23. The Hall–Kier alpha value is -0.980. The third kappa shape index (κ3) is 6.57.